The number of ether oxygens (including phenoxy) is 1. The lowest BCUT2D eigenvalue weighted by atomic mass is 9.86. The molecule has 0 unspecified atom stereocenters. The van der Waals surface area contributed by atoms with Gasteiger partial charge in [-0.2, -0.15) is 10.2 Å². The predicted octanol–water partition coefficient (Wildman–Crippen LogP) is 6.11. The van der Waals surface area contributed by atoms with Gasteiger partial charge in [0.1, 0.15) is 12.4 Å². The van der Waals surface area contributed by atoms with Gasteiger partial charge >= 0.3 is 6.09 Å². The molecule has 200 valence electrons. The van der Waals surface area contributed by atoms with E-state index in [1.807, 2.05) is 20.8 Å². The summed E-state index contributed by atoms with van der Waals surface area (Å²) in [6.07, 6.45) is -0.478. The van der Waals surface area contributed by atoms with E-state index >= 15 is 0 Å². The minimum absolute atomic E-state index is 0.00996. The molecular weight excluding hydrogens is 472 g/mol. The Bertz CT molecular complexity index is 1140. The molecule has 1 N–H and O–H groups in total. The van der Waals surface area contributed by atoms with Crippen molar-refractivity contribution < 1.29 is 24.2 Å². The van der Waals surface area contributed by atoms with Crippen LogP contribution in [0.4, 0.5) is 16.2 Å². The number of benzene rings is 2. The number of nitrogens with zero attached hydrogens (tertiary/aromatic N) is 4. The van der Waals surface area contributed by atoms with Gasteiger partial charge < -0.3 is 19.6 Å². The Labute approximate surface area is 219 Å². The first-order valence-electron chi connectivity index (χ1n) is 12.1. The van der Waals surface area contributed by atoms with Crippen LogP contribution in [-0.4, -0.2) is 59.9 Å². The molecule has 2 aromatic carbocycles. The number of rotatable bonds is 8. The van der Waals surface area contributed by atoms with Crippen molar-refractivity contribution in [1.82, 2.24) is 9.80 Å². The molecule has 0 spiro atoms. The molecule has 0 bridgehead atoms. The molecule has 0 atom stereocenters. The van der Waals surface area contributed by atoms with Crippen molar-refractivity contribution in [3.63, 3.8) is 0 Å². The maximum absolute atomic E-state index is 12.5. The van der Waals surface area contributed by atoms with Gasteiger partial charge in [-0.1, -0.05) is 53.7 Å². The van der Waals surface area contributed by atoms with E-state index in [-0.39, 0.29) is 29.6 Å². The Morgan fingerprint density at radius 3 is 1.92 bits per heavy atom. The number of carbonyl (C=O) groups excluding carboxylic acids is 3. The van der Waals surface area contributed by atoms with Crippen LogP contribution < -0.4 is 0 Å². The zero-order chi connectivity index (χ0) is 28.0. The summed E-state index contributed by atoms with van der Waals surface area (Å²) >= 11 is 0. The van der Waals surface area contributed by atoms with Gasteiger partial charge in [0.2, 0.25) is 5.91 Å². The lowest BCUT2D eigenvalue weighted by Crippen LogP contribution is -2.41. The minimum atomic E-state index is -0.636. The third-order valence-electron chi connectivity index (χ3n) is 5.56. The van der Waals surface area contributed by atoms with Crippen molar-refractivity contribution in [2.75, 3.05) is 27.2 Å². The van der Waals surface area contributed by atoms with Crippen LogP contribution in [0, 0.1) is 10.8 Å². The van der Waals surface area contributed by atoms with Gasteiger partial charge in [0.05, 0.1) is 16.9 Å². The maximum atomic E-state index is 12.5. The third kappa shape index (κ3) is 8.70. The Morgan fingerprint density at radius 2 is 1.35 bits per heavy atom. The lowest BCUT2D eigenvalue weighted by molar-refractivity contribution is -0.138. The fourth-order valence-corrected chi connectivity index (χ4v) is 3.27. The van der Waals surface area contributed by atoms with Gasteiger partial charge in [-0.05, 0) is 35.9 Å². The van der Waals surface area contributed by atoms with E-state index in [0.717, 1.165) is 5.56 Å². The van der Waals surface area contributed by atoms with Crippen molar-refractivity contribution in [3.8, 4) is 5.75 Å². The van der Waals surface area contributed by atoms with Crippen molar-refractivity contribution in [2.24, 2.45) is 21.1 Å². The third-order valence-corrected chi connectivity index (χ3v) is 5.56. The van der Waals surface area contributed by atoms with Gasteiger partial charge in [0, 0.05) is 38.0 Å². The first-order valence-corrected chi connectivity index (χ1v) is 12.1. The molecule has 9 heteroatoms. The number of phenols is 1. The van der Waals surface area contributed by atoms with Crippen LogP contribution in [0.25, 0.3) is 0 Å². The zero-order valence-electron chi connectivity index (χ0n) is 23.0. The van der Waals surface area contributed by atoms with Crippen LogP contribution in [0.5, 0.6) is 5.75 Å². The molecule has 0 aliphatic carbocycles. The Morgan fingerprint density at radius 1 is 0.811 bits per heavy atom. The summed E-state index contributed by atoms with van der Waals surface area (Å²) in [6, 6.07) is 11.6. The number of carbonyl (C=O) groups is 3. The topological polar surface area (TPSA) is 112 Å². The molecule has 0 fully saturated rings. The molecule has 2 aromatic rings. The minimum Gasteiger partial charge on any atom is -0.507 e. The average Bonchev–Trinajstić information content (AvgIpc) is 2.83. The highest BCUT2D eigenvalue weighted by molar-refractivity contribution is 6.02. The number of phenolic OH excluding ortho intramolecular Hbond substituents is 1. The first kappa shape index (κ1) is 29.5. The van der Waals surface area contributed by atoms with Gasteiger partial charge in [-0.3, -0.25) is 9.59 Å². The number of amides is 2. The largest absolute Gasteiger partial charge is 0.507 e. The Balaban J connectivity index is 1.91. The quantitative estimate of drug-likeness (QED) is 0.340. The summed E-state index contributed by atoms with van der Waals surface area (Å²) in [7, 11) is 3.35. The molecule has 0 saturated carbocycles. The fourth-order valence-electron chi connectivity index (χ4n) is 3.27. The highest BCUT2D eigenvalue weighted by Gasteiger charge is 2.26. The summed E-state index contributed by atoms with van der Waals surface area (Å²) in [6.45, 7) is 11.8. The zero-order valence-corrected chi connectivity index (χ0v) is 23.0. The van der Waals surface area contributed by atoms with Crippen molar-refractivity contribution in [1.29, 1.82) is 0 Å². The van der Waals surface area contributed by atoms with E-state index < -0.39 is 16.9 Å². The maximum Gasteiger partial charge on any atom is 0.409 e. The van der Waals surface area contributed by atoms with E-state index in [9.17, 15) is 19.5 Å². The summed E-state index contributed by atoms with van der Waals surface area (Å²) in [5.41, 5.74) is 0.902. The first-order chi connectivity index (χ1) is 17.1. The predicted molar refractivity (Wildman–Crippen MR) is 142 cm³/mol. The fraction of sp³-hybridized carbons (Fsp3) is 0.464. The van der Waals surface area contributed by atoms with Gasteiger partial charge in [0.15, 0.2) is 5.78 Å². The van der Waals surface area contributed by atoms with Crippen molar-refractivity contribution in [3.05, 3.63) is 53.6 Å². The normalized spacial score (nSPS) is 11.9. The molecule has 0 aliphatic heterocycles. The summed E-state index contributed by atoms with van der Waals surface area (Å²) in [5, 5.41) is 18.4. The number of Topliss-reactive ketones (excluding diaryl/α,β-unsaturated/α-hetero) is 1. The molecule has 0 aliphatic rings. The van der Waals surface area contributed by atoms with Crippen molar-refractivity contribution >= 4 is 29.2 Å². The van der Waals surface area contributed by atoms with E-state index in [1.165, 1.54) is 17.0 Å². The van der Waals surface area contributed by atoms with E-state index in [1.54, 1.807) is 70.1 Å². The summed E-state index contributed by atoms with van der Waals surface area (Å²) in [5.74, 6) is -0.262. The Kier molecular flexibility index (Phi) is 9.55. The second-order valence-corrected chi connectivity index (χ2v) is 11.1. The van der Waals surface area contributed by atoms with E-state index in [2.05, 4.69) is 10.2 Å². The average molecular weight is 511 g/mol. The van der Waals surface area contributed by atoms with Crippen LogP contribution in [0.1, 0.15) is 57.5 Å². The second-order valence-electron chi connectivity index (χ2n) is 11.1. The SMILES string of the molecule is CN(CCN(C)C(=O)C(C)(C)C)C(=O)OCc1ccc(N=Nc2ccc(O)c(C(=O)C(C)(C)C)c2)cc1. The molecule has 2 rings (SSSR count). The van der Waals surface area contributed by atoms with E-state index in [4.69, 9.17) is 4.74 Å². The number of hydrogen-bond donors (Lipinski definition) is 1. The number of hydrogen-bond acceptors (Lipinski definition) is 7. The van der Waals surface area contributed by atoms with Crippen molar-refractivity contribution in [2.45, 2.75) is 48.1 Å². The Hall–Kier alpha value is -3.75. The highest BCUT2D eigenvalue weighted by atomic mass is 16.6. The molecule has 2 amide bonds. The highest BCUT2D eigenvalue weighted by Crippen LogP contribution is 2.30. The molecule has 0 radical (unpaired) electrons. The summed E-state index contributed by atoms with van der Waals surface area (Å²) in [4.78, 5) is 40.2. The monoisotopic (exact) mass is 510 g/mol. The number of likely N-dealkylation sites (N-methyl/N-ethyl adjacent to an activating group) is 2. The van der Waals surface area contributed by atoms with Crippen LogP contribution in [0.3, 0.4) is 0 Å². The molecule has 9 nitrogen and oxygen atoms in total. The van der Waals surface area contributed by atoms with Crippen LogP contribution in [-0.2, 0) is 16.1 Å². The second kappa shape index (κ2) is 12.0. The van der Waals surface area contributed by atoms with Crippen LogP contribution in [0.2, 0.25) is 0 Å². The number of ketones is 1. The van der Waals surface area contributed by atoms with Gasteiger partial charge in [-0.25, -0.2) is 4.79 Å². The summed E-state index contributed by atoms with van der Waals surface area (Å²) < 4.78 is 5.37. The lowest BCUT2D eigenvalue weighted by Gasteiger charge is -2.27. The standard InChI is InChI=1S/C28H38N4O5/c1-27(2,3)24(34)22-17-21(13-14-23(22)33)30-29-20-11-9-19(10-12-20)18-37-26(36)32(8)16-15-31(7)25(35)28(4,5)6/h9-14,17,33H,15-16,18H2,1-8H3. The van der Waals surface area contributed by atoms with Gasteiger partial charge in [0.25, 0.3) is 0 Å². The molecule has 37 heavy (non-hydrogen) atoms. The molecule has 0 aromatic heterocycles. The van der Waals surface area contributed by atoms with E-state index in [0.29, 0.717) is 24.5 Å². The molecule has 0 heterocycles. The number of azo groups is 1. The van der Waals surface area contributed by atoms with Crippen LogP contribution in [0.15, 0.2) is 52.7 Å². The smallest absolute Gasteiger partial charge is 0.409 e. The van der Waals surface area contributed by atoms with Gasteiger partial charge in [-0.15, -0.1) is 0 Å². The molecule has 0 saturated heterocycles. The molecular formula is C28H38N4O5. The number of aromatic hydroxyl groups is 1. The van der Waals surface area contributed by atoms with Crippen LogP contribution >= 0.6 is 0 Å².